The van der Waals surface area contributed by atoms with Gasteiger partial charge in [-0.1, -0.05) is 0 Å². The fourth-order valence-corrected chi connectivity index (χ4v) is 1.06. The molecule has 0 aromatic carbocycles. The van der Waals surface area contributed by atoms with Crippen LogP contribution in [0.3, 0.4) is 0 Å². The second kappa shape index (κ2) is 2.31. The van der Waals surface area contributed by atoms with Crippen molar-refractivity contribution < 1.29 is 0 Å². The molecular weight excluding hydrogens is 152 g/mol. The second-order valence-electron chi connectivity index (χ2n) is 2.49. The first-order valence-corrected chi connectivity index (χ1v) is 3.53. The molecule has 4 heteroatoms. The largest absolute Gasteiger partial charge is 0.221 e. The summed E-state index contributed by atoms with van der Waals surface area (Å²) >= 11 is 0. The second-order valence-corrected chi connectivity index (χ2v) is 2.49. The standard InChI is InChI=1S/C8H6N4/c1-6-10-8-4-7(5-9)2-3-12(8)11-6/h2-4H,1H3. The van der Waals surface area contributed by atoms with E-state index in [9.17, 15) is 0 Å². The summed E-state index contributed by atoms with van der Waals surface area (Å²) in [6.45, 7) is 1.82. The van der Waals surface area contributed by atoms with Gasteiger partial charge in [-0.05, 0) is 13.0 Å². The van der Waals surface area contributed by atoms with Crippen molar-refractivity contribution in [2.24, 2.45) is 0 Å². The maximum atomic E-state index is 8.60. The van der Waals surface area contributed by atoms with Gasteiger partial charge in [0.15, 0.2) is 5.65 Å². The number of pyridine rings is 1. The first kappa shape index (κ1) is 6.80. The molecule has 0 saturated heterocycles. The maximum absolute atomic E-state index is 8.60. The van der Waals surface area contributed by atoms with Crippen molar-refractivity contribution in [3.05, 3.63) is 29.7 Å². The summed E-state index contributed by atoms with van der Waals surface area (Å²) in [6, 6.07) is 5.47. The van der Waals surface area contributed by atoms with E-state index in [4.69, 9.17) is 5.26 Å². The summed E-state index contributed by atoms with van der Waals surface area (Å²) in [6.07, 6.45) is 1.73. The van der Waals surface area contributed by atoms with Crippen molar-refractivity contribution in [1.29, 1.82) is 5.26 Å². The van der Waals surface area contributed by atoms with Crippen molar-refractivity contribution in [1.82, 2.24) is 14.6 Å². The molecule has 0 saturated carbocycles. The van der Waals surface area contributed by atoms with E-state index in [1.807, 2.05) is 13.0 Å². The van der Waals surface area contributed by atoms with Gasteiger partial charge in [0.1, 0.15) is 5.82 Å². The number of aromatic nitrogens is 3. The van der Waals surface area contributed by atoms with Crippen LogP contribution in [0.1, 0.15) is 11.4 Å². The molecule has 2 heterocycles. The van der Waals surface area contributed by atoms with Gasteiger partial charge in [0.25, 0.3) is 0 Å². The van der Waals surface area contributed by atoms with E-state index in [2.05, 4.69) is 10.1 Å². The average molecular weight is 158 g/mol. The Balaban J connectivity index is 2.77. The predicted molar refractivity (Wildman–Crippen MR) is 42.4 cm³/mol. The molecule has 4 nitrogen and oxygen atoms in total. The minimum atomic E-state index is 0.606. The van der Waals surface area contributed by atoms with Crippen LogP contribution >= 0.6 is 0 Å². The predicted octanol–water partition coefficient (Wildman–Crippen LogP) is 0.909. The normalized spacial score (nSPS) is 10.0. The topological polar surface area (TPSA) is 54.0 Å². The number of nitriles is 1. The molecule has 0 fully saturated rings. The lowest BCUT2D eigenvalue weighted by molar-refractivity contribution is 0.930. The third-order valence-electron chi connectivity index (χ3n) is 1.57. The van der Waals surface area contributed by atoms with Crippen molar-refractivity contribution in [3.8, 4) is 6.07 Å². The van der Waals surface area contributed by atoms with Crippen LogP contribution < -0.4 is 0 Å². The van der Waals surface area contributed by atoms with Crippen molar-refractivity contribution in [3.63, 3.8) is 0 Å². The summed E-state index contributed by atoms with van der Waals surface area (Å²) in [5.41, 5.74) is 1.32. The van der Waals surface area contributed by atoms with Crippen LogP contribution in [0.5, 0.6) is 0 Å². The highest BCUT2D eigenvalue weighted by molar-refractivity contribution is 5.44. The van der Waals surface area contributed by atoms with Crippen LogP contribution in [0.2, 0.25) is 0 Å². The molecule has 0 amide bonds. The summed E-state index contributed by atoms with van der Waals surface area (Å²) in [5, 5.41) is 12.7. The molecule has 0 aliphatic rings. The van der Waals surface area contributed by atoms with E-state index < -0.39 is 0 Å². The number of rotatable bonds is 0. The Labute approximate surface area is 69.1 Å². The Kier molecular flexibility index (Phi) is 1.31. The van der Waals surface area contributed by atoms with Crippen LogP contribution in [0, 0.1) is 18.3 Å². The highest BCUT2D eigenvalue weighted by atomic mass is 15.3. The first-order chi connectivity index (χ1) is 5.79. The third-order valence-corrected chi connectivity index (χ3v) is 1.57. The van der Waals surface area contributed by atoms with E-state index in [0.29, 0.717) is 17.0 Å². The van der Waals surface area contributed by atoms with Crippen molar-refractivity contribution >= 4 is 5.65 Å². The molecule has 0 N–H and O–H groups in total. The molecule has 2 rings (SSSR count). The van der Waals surface area contributed by atoms with Crippen LogP contribution in [-0.4, -0.2) is 14.6 Å². The van der Waals surface area contributed by atoms with Gasteiger partial charge in [0, 0.05) is 12.3 Å². The van der Waals surface area contributed by atoms with Crippen LogP contribution in [0.4, 0.5) is 0 Å². The zero-order chi connectivity index (χ0) is 8.55. The molecule has 0 spiro atoms. The van der Waals surface area contributed by atoms with Gasteiger partial charge in [-0.2, -0.15) is 10.4 Å². The minimum Gasteiger partial charge on any atom is -0.221 e. The average Bonchev–Trinajstić information content (AvgIpc) is 2.43. The lowest BCUT2D eigenvalue weighted by Crippen LogP contribution is -1.86. The van der Waals surface area contributed by atoms with Gasteiger partial charge in [-0.3, -0.25) is 0 Å². The monoisotopic (exact) mass is 158 g/mol. The van der Waals surface area contributed by atoms with Gasteiger partial charge < -0.3 is 0 Å². The Morgan fingerprint density at radius 2 is 2.42 bits per heavy atom. The summed E-state index contributed by atoms with van der Waals surface area (Å²) in [4.78, 5) is 4.12. The number of hydrogen-bond acceptors (Lipinski definition) is 3. The Morgan fingerprint density at radius 3 is 3.17 bits per heavy atom. The van der Waals surface area contributed by atoms with Crippen LogP contribution in [-0.2, 0) is 0 Å². The zero-order valence-electron chi connectivity index (χ0n) is 6.52. The third kappa shape index (κ3) is 0.920. The molecule has 0 atom stereocenters. The van der Waals surface area contributed by atoms with E-state index in [0.717, 1.165) is 0 Å². The van der Waals surface area contributed by atoms with Crippen molar-refractivity contribution in [2.45, 2.75) is 6.92 Å². The Morgan fingerprint density at radius 1 is 1.58 bits per heavy atom. The van der Waals surface area contributed by atoms with Gasteiger partial charge >= 0.3 is 0 Å². The summed E-state index contributed by atoms with van der Waals surface area (Å²) < 4.78 is 1.65. The van der Waals surface area contributed by atoms with Gasteiger partial charge in [-0.15, -0.1) is 0 Å². The fraction of sp³-hybridized carbons (Fsp3) is 0.125. The van der Waals surface area contributed by atoms with E-state index >= 15 is 0 Å². The molecule has 0 radical (unpaired) electrons. The fourth-order valence-electron chi connectivity index (χ4n) is 1.06. The minimum absolute atomic E-state index is 0.606. The van der Waals surface area contributed by atoms with Gasteiger partial charge in [0.2, 0.25) is 0 Å². The SMILES string of the molecule is Cc1nc2cc(C#N)ccn2n1. The molecule has 0 unspecified atom stereocenters. The molecule has 58 valence electrons. The van der Waals surface area contributed by atoms with E-state index in [1.165, 1.54) is 0 Å². The number of nitrogens with zero attached hydrogens (tertiary/aromatic N) is 4. The highest BCUT2D eigenvalue weighted by Crippen LogP contribution is 2.03. The smallest absolute Gasteiger partial charge is 0.156 e. The first-order valence-electron chi connectivity index (χ1n) is 3.53. The molecule has 12 heavy (non-hydrogen) atoms. The molecule has 0 aliphatic carbocycles. The molecule has 0 aliphatic heterocycles. The zero-order valence-corrected chi connectivity index (χ0v) is 6.52. The van der Waals surface area contributed by atoms with Crippen LogP contribution in [0.25, 0.3) is 5.65 Å². The molecule has 2 aromatic rings. The summed E-state index contributed by atoms with van der Waals surface area (Å²) in [5.74, 6) is 0.713. The molecular formula is C8H6N4. The highest BCUT2D eigenvalue weighted by Gasteiger charge is 1.98. The quantitative estimate of drug-likeness (QED) is 0.572. The lowest BCUT2D eigenvalue weighted by atomic mass is 10.3. The van der Waals surface area contributed by atoms with Crippen molar-refractivity contribution in [2.75, 3.05) is 0 Å². The molecule has 0 bridgehead atoms. The Hall–Kier alpha value is -1.89. The van der Waals surface area contributed by atoms with Crippen LogP contribution in [0.15, 0.2) is 18.3 Å². The Bertz CT molecular complexity index is 463. The molecule has 2 aromatic heterocycles. The van der Waals surface area contributed by atoms with Gasteiger partial charge in [-0.25, -0.2) is 9.50 Å². The van der Waals surface area contributed by atoms with E-state index in [1.54, 1.807) is 22.8 Å². The maximum Gasteiger partial charge on any atom is 0.156 e. The van der Waals surface area contributed by atoms with Gasteiger partial charge in [0.05, 0.1) is 11.6 Å². The lowest BCUT2D eigenvalue weighted by Gasteiger charge is -1.89. The number of fused-ring (bicyclic) bond motifs is 1. The number of aryl methyl sites for hydroxylation is 1. The van der Waals surface area contributed by atoms with E-state index in [-0.39, 0.29) is 0 Å². The number of hydrogen-bond donors (Lipinski definition) is 0. The summed E-state index contributed by atoms with van der Waals surface area (Å²) in [7, 11) is 0.